The Kier molecular flexibility index (Phi) is 3.97. The third-order valence-electron chi connectivity index (χ3n) is 2.27. The topological polar surface area (TPSA) is 47.0 Å². The van der Waals surface area contributed by atoms with E-state index in [9.17, 15) is 8.42 Å². The third-order valence-corrected chi connectivity index (χ3v) is 4.30. The molecule has 90 valence electrons. The van der Waals surface area contributed by atoms with Gasteiger partial charge in [-0.3, -0.25) is 0 Å². The van der Waals surface area contributed by atoms with E-state index in [0.29, 0.717) is 0 Å². The molecule has 0 fully saturated rings. The highest BCUT2D eigenvalue weighted by Gasteiger charge is 2.18. The molecule has 0 atom stereocenters. The predicted octanol–water partition coefficient (Wildman–Crippen LogP) is 2.39. The van der Waals surface area contributed by atoms with Gasteiger partial charge < -0.3 is 0 Å². The lowest BCUT2D eigenvalue weighted by Crippen LogP contribution is -2.14. The molecule has 0 amide bonds. The molecule has 1 heterocycles. The van der Waals surface area contributed by atoms with Crippen molar-refractivity contribution in [3.8, 4) is 0 Å². The number of alkyl halides is 1. The molecule has 1 aromatic heterocycles. The van der Waals surface area contributed by atoms with Gasteiger partial charge in [-0.1, -0.05) is 26.8 Å². The molecule has 0 saturated carbocycles. The average Bonchev–Trinajstić information content (AvgIpc) is 2.16. The lowest BCUT2D eigenvalue weighted by atomic mass is 9.88. The number of rotatable bonds is 3. The van der Waals surface area contributed by atoms with Gasteiger partial charge in [-0.25, -0.2) is 13.4 Å². The lowest BCUT2D eigenvalue weighted by Gasteiger charge is -2.18. The summed E-state index contributed by atoms with van der Waals surface area (Å²) in [4.78, 5) is 3.99. The fraction of sp³-hybridized carbons (Fsp3) is 0.545. The second kappa shape index (κ2) is 4.72. The van der Waals surface area contributed by atoms with Crippen molar-refractivity contribution in [1.29, 1.82) is 0 Å². The quantitative estimate of drug-likeness (QED) is 0.785. The molecular weight excluding hydrogens is 246 g/mol. The van der Waals surface area contributed by atoms with Crippen LogP contribution in [0.2, 0.25) is 0 Å². The Bertz CT molecular complexity index is 446. The minimum Gasteiger partial charge on any atom is -0.244 e. The van der Waals surface area contributed by atoms with Gasteiger partial charge in [-0.05, 0) is 17.0 Å². The monoisotopic (exact) mass is 261 g/mol. The number of pyridine rings is 1. The van der Waals surface area contributed by atoms with E-state index in [-0.39, 0.29) is 22.1 Å². The zero-order valence-electron chi connectivity index (χ0n) is 9.70. The van der Waals surface area contributed by atoms with Crippen molar-refractivity contribution in [2.45, 2.75) is 31.2 Å². The zero-order chi connectivity index (χ0) is 12.4. The zero-order valence-corrected chi connectivity index (χ0v) is 11.3. The fourth-order valence-electron chi connectivity index (χ4n) is 1.21. The van der Waals surface area contributed by atoms with Crippen molar-refractivity contribution in [2.24, 2.45) is 0 Å². The molecule has 1 rings (SSSR count). The first-order valence-corrected chi connectivity index (χ1v) is 7.21. The van der Waals surface area contributed by atoms with Crippen LogP contribution >= 0.6 is 11.6 Å². The largest absolute Gasteiger partial charge is 0.244 e. The lowest BCUT2D eigenvalue weighted by molar-refractivity contribution is 0.580. The van der Waals surface area contributed by atoms with Gasteiger partial charge in [0.05, 0.1) is 5.75 Å². The predicted molar refractivity (Wildman–Crippen MR) is 65.7 cm³/mol. The first-order chi connectivity index (χ1) is 7.27. The van der Waals surface area contributed by atoms with Crippen LogP contribution in [0.1, 0.15) is 26.3 Å². The number of nitrogens with zero attached hydrogens (tertiary/aromatic N) is 1. The van der Waals surface area contributed by atoms with Gasteiger partial charge in [0.1, 0.15) is 0 Å². The van der Waals surface area contributed by atoms with E-state index in [4.69, 9.17) is 11.6 Å². The highest BCUT2D eigenvalue weighted by Crippen LogP contribution is 2.22. The molecule has 0 spiro atoms. The average molecular weight is 262 g/mol. The molecule has 0 bridgehead atoms. The third kappa shape index (κ3) is 3.19. The van der Waals surface area contributed by atoms with Crippen molar-refractivity contribution in [1.82, 2.24) is 4.98 Å². The van der Waals surface area contributed by atoms with Crippen LogP contribution in [0.3, 0.4) is 0 Å². The number of sulfone groups is 1. The van der Waals surface area contributed by atoms with Crippen molar-refractivity contribution < 1.29 is 8.42 Å². The summed E-state index contributed by atoms with van der Waals surface area (Å²) in [5.41, 5.74) is 0.985. The van der Waals surface area contributed by atoms with Crippen LogP contribution in [-0.4, -0.2) is 25.0 Å². The van der Waals surface area contributed by atoms with Gasteiger partial charge in [-0.15, -0.1) is 11.6 Å². The SMILES string of the molecule is CC(C)(C)c1ccc(S(=O)(=O)CCCl)nc1. The van der Waals surface area contributed by atoms with E-state index in [2.05, 4.69) is 25.8 Å². The smallest absolute Gasteiger partial charge is 0.196 e. The Morgan fingerprint density at radius 2 is 1.94 bits per heavy atom. The second-order valence-electron chi connectivity index (χ2n) is 4.64. The Hall–Kier alpha value is -0.610. The van der Waals surface area contributed by atoms with Crippen molar-refractivity contribution >= 4 is 21.4 Å². The molecule has 0 saturated heterocycles. The highest BCUT2D eigenvalue weighted by atomic mass is 35.5. The first kappa shape index (κ1) is 13.5. The summed E-state index contributed by atoms with van der Waals surface area (Å²) in [5, 5.41) is 0.0983. The maximum Gasteiger partial charge on any atom is 0.196 e. The standard InChI is InChI=1S/C11H16ClNO2S/c1-11(2,3)9-4-5-10(13-8-9)16(14,15)7-6-12/h4-5,8H,6-7H2,1-3H3. The van der Waals surface area contributed by atoms with Gasteiger partial charge in [0.2, 0.25) is 0 Å². The Balaban J connectivity index is 3.05. The van der Waals surface area contributed by atoms with Crippen LogP contribution < -0.4 is 0 Å². The van der Waals surface area contributed by atoms with E-state index in [1.165, 1.54) is 0 Å². The van der Waals surface area contributed by atoms with Gasteiger partial charge in [-0.2, -0.15) is 0 Å². The van der Waals surface area contributed by atoms with Crippen LogP contribution in [0.5, 0.6) is 0 Å². The van der Waals surface area contributed by atoms with Gasteiger partial charge in [0, 0.05) is 12.1 Å². The molecule has 3 nitrogen and oxygen atoms in total. The van der Waals surface area contributed by atoms with Crippen molar-refractivity contribution in [3.63, 3.8) is 0 Å². The molecule has 0 aliphatic rings. The Labute approximate surface area is 102 Å². The number of hydrogen-bond donors (Lipinski definition) is 0. The minimum atomic E-state index is -3.32. The Morgan fingerprint density at radius 3 is 2.31 bits per heavy atom. The van der Waals surface area contributed by atoms with Crippen molar-refractivity contribution in [3.05, 3.63) is 23.9 Å². The summed E-state index contributed by atoms with van der Waals surface area (Å²) < 4.78 is 23.3. The Morgan fingerprint density at radius 1 is 1.31 bits per heavy atom. The molecule has 5 heteroatoms. The second-order valence-corrected chi connectivity index (χ2v) is 7.08. The maximum absolute atomic E-state index is 11.6. The van der Waals surface area contributed by atoms with Gasteiger partial charge >= 0.3 is 0 Å². The fourth-order valence-corrected chi connectivity index (χ4v) is 2.72. The van der Waals surface area contributed by atoms with E-state index in [0.717, 1.165) is 5.56 Å². The molecule has 1 aromatic rings. The number of halogens is 1. The molecule has 0 radical (unpaired) electrons. The van der Waals surface area contributed by atoms with E-state index < -0.39 is 9.84 Å². The van der Waals surface area contributed by atoms with Crippen LogP contribution in [0.4, 0.5) is 0 Å². The molecule has 0 N–H and O–H groups in total. The summed E-state index contributed by atoms with van der Waals surface area (Å²) in [6.45, 7) is 6.16. The van der Waals surface area contributed by atoms with E-state index >= 15 is 0 Å². The number of aromatic nitrogens is 1. The van der Waals surface area contributed by atoms with Gasteiger partial charge in [0.15, 0.2) is 14.9 Å². The van der Waals surface area contributed by atoms with Crippen LogP contribution in [0.15, 0.2) is 23.4 Å². The van der Waals surface area contributed by atoms with E-state index in [1.807, 2.05) is 0 Å². The molecule has 0 aliphatic carbocycles. The van der Waals surface area contributed by atoms with Crippen molar-refractivity contribution in [2.75, 3.05) is 11.6 Å². The minimum absolute atomic E-state index is 0.0260. The summed E-state index contributed by atoms with van der Waals surface area (Å²) in [6.07, 6.45) is 1.61. The molecule has 0 aromatic carbocycles. The normalized spacial score (nSPS) is 12.8. The summed E-state index contributed by atoms with van der Waals surface area (Å²) in [7, 11) is -3.32. The summed E-state index contributed by atoms with van der Waals surface area (Å²) >= 11 is 5.43. The molecule has 16 heavy (non-hydrogen) atoms. The van der Waals surface area contributed by atoms with Crippen LogP contribution in [0, 0.1) is 0 Å². The van der Waals surface area contributed by atoms with Crippen LogP contribution in [0.25, 0.3) is 0 Å². The number of hydrogen-bond acceptors (Lipinski definition) is 3. The molecule has 0 unspecified atom stereocenters. The highest BCUT2D eigenvalue weighted by molar-refractivity contribution is 7.91. The van der Waals surface area contributed by atoms with E-state index in [1.54, 1.807) is 18.3 Å². The van der Waals surface area contributed by atoms with Gasteiger partial charge in [0.25, 0.3) is 0 Å². The summed E-state index contributed by atoms with van der Waals surface area (Å²) in [5.74, 6) is 0.0153. The molecule has 0 aliphatic heterocycles. The molecular formula is C11H16ClNO2S. The van der Waals surface area contributed by atoms with Crippen LogP contribution in [-0.2, 0) is 15.3 Å². The first-order valence-electron chi connectivity index (χ1n) is 5.02. The maximum atomic E-state index is 11.6. The summed E-state index contributed by atoms with van der Waals surface area (Å²) in [6, 6.07) is 3.34.